The van der Waals surface area contributed by atoms with Crippen molar-refractivity contribution in [2.24, 2.45) is 0 Å². The Kier molecular flexibility index (Phi) is 3.54. The fourth-order valence-electron chi connectivity index (χ4n) is 1.61. The van der Waals surface area contributed by atoms with Crippen LogP contribution in [0.2, 0.25) is 0 Å². The number of hydrogen-bond donors (Lipinski definition) is 0. The monoisotopic (exact) mass is 213 g/mol. The zero-order valence-corrected chi connectivity index (χ0v) is 9.39. The van der Waals surface area contributed by atoms with Gasteiger partial charge in [0.05, 0.1) is 0 Å². The summed E-state index contributed by atoms with van der Waals surface area (Å²) >= 11 is 0. The normalized spacial score (nSPS) is 10.1. The molecule has 0 spiro atoms. The Balaban J connectivity index is 2.21. The summed E-state index contributed by atoms with van der Waals surface area (Å²) in [4.78, 5) is 3.97. The summed E-state index contributed by atoms with van der Waals surface area (Å²) < 4.78 is 5.82. The Hall–Kier alpha value is -1.83. The van der Waals surface area contributed by atoms with Gasteiger partial charge < -0.3 is 4.74 Å². The largest absolute Gasteiger partial charge is 0.457 e. The molecule has 0 saturated heterocycles. The third-order valence-electron chi connectivity index (χ3n) is 2.37. The molecule has 0 fully saturated rings. The fourth-order valence-corrected chi connectivity index (χ4v) is 1.61. The summed E-state index contributed by atoms with van der Waals surface area (Å²) in [6.07, 6.45) is 5.63. The number of hydrogen-bond acceptors (Lipinski definition) is 2. The van der Waals surface area contributed by atoms with Crippen LogP contribution in [-0.2, 0) is 6.42 Å². The number of aryl methyl sites for hydroxylation is 1. The van der Waals surface area contributed by atoms with E-state index in [9.17, 15) is 0 Å². The minimum absolute atomic E-state index is 0.832. The molecule has 0 aliphatic carbocycles. The first kappa shape index (κ1) is 10.7. The lowest BCUT2D eigenvalue weighted by Crippen LogP contribution is -1.91. The maximum absolute atomic E-state index is 5.82. The number of rotatable bonds is 4. The molecule has 82 valence electrons. The molecule has 2 aromatic rings. The second-order valence-electron chi connectivity index (χ2n) is 3.64. The number of aromatic nitrogens is 1. The molecule has 1 aromatic carbocycles. The van der Waals surface area contributed by atoms with Gasteiger partial charge in [0, 0.05) is 12.4 Å². The van der Waals surface area contributed by atoms with E-state index < -0.39 is 0 Å². The molecular weight excluding hydrogens is 198 g/mol. The van der Waals surface area contributed by atoms with Gasteiger partial charge in [-0.2, -0.15) is 0 Å². The Labute approximate surface area is 95.9 Å². The number of ether oxygens (including phenoxy) is 1. The first-order valence-electron chi connectivity index (χ1n) is 5.56. The van der Waals surface area contributed by atoms with E-state index in [0.29, 0.717) is 0 Å². The lowest BCUT2D eigenvalue weighted by atomic mass is 10.1. The third kappa shape index (κ3) is 2.60. The molecule has 0 aliphatic rings. The molecule has 0 amide bonds. The van der Waals surface area contributed by atoms with Gasteiger partial charge in [-0.05, 0) is 30.2 Å². The quantitative estimate of drug-likeness (QED) is 0.770. The van der Waals surface area contributed by atoms with Crippen LogP contribution in [-0.4, -0.2) is 4.98 Å². The first-order valence-corrected chi connectivity index (χ1v) is 5.56. The van der Waals surface area contributed by atoms with Crippen molar-refractivity contribution in [1.82, 2.24) is 4.98 Å². The second kappa shape index (κ2) is 5.31. The van der Waals surface area contributed by atoms with E-state index in [1.54, 1.807) is 12.4 Å². The van der Waals surface area contributed by atoms with Gasteiger partial charge in [0.15, 0.2) is 0 Å². The van der Waals surface area contributed by atoms with Gasteiger partial charge in [0.2, 0.25) is 0 Å². The van der Waals surface area contributed by atoms with Gasteiger partial charge in [-0.1, -0.05) is 31.5 Å². The molecule has 2 nitrogen and oxygen atoms in total. The zero-order valence-electron chi connectivity index (χ0n) is 9.39. The molecule has 0 N–H and O–H groups in total. The van der Waals surface area contributed by atoms with Gasteiger partial charge in [0.25, 0.3) is 0 Å². The van der Waals surface area contributed by atoms with Crippen LogP contribution in [0.15, 0.2) is 48.8 Å². The molecule has 0 aliphatic heterocycles. The number of para-hydroxylation sites is 1. The third-order valence-corrected chi connectivity index (χ3v) is 2.37. The smallest absolute Gasteiger partial charge is 0.130 e. The summed E-state index contributed by atoms with van der Waals surface area (Å²) in [5, 5.41) is 0. The van der Waals surface area contributed by atoms with Crippen molar-refractivity contribution in [2.45, 2.75) is 19.8 Å². The summed E-state index contributed by atoms with van der Waals surface area (Å²) in [6, 6.07) is 11.9. The van der Waals surface area contributed by atoms with E-state index in [2.05, 4.69) is 18.0 Å². The van der Waals surface area contributed by atoms with Crippen molar-refractivity contribution >= 4 is 0 Å². The predicted molar refractivity (Wildman–Crippen MR) is 64.7 cm³/mol. The van der Waals surface area contributed by atoms with Crippen LogP contribution in [0, 0.1) is 0 Å². The molecule has 0 bridgehead atoms. The zero-order chi connectivity index (χ0) is 11.2. The Morgan fingerprint density at radius 2 is 1.81 bits per heavy atom. The van der Waals surface area contributed by atoms with Crippen molar-refractivity contribution in [1.29, 1.82) is 0 Å². The van der Waals surface area contributed by atoms with Crippen molar-refractivity contribution in [2.75, 3.05) is 0 Å². The highest BCUT2D eigenvalue weighted by molar-refractivity contribution is 5.37. The first-order chi connectivity index (χ1) is 7.90. The molecule has 0 unspecified atom stereocenters. The van der Waals surface area contributed by atoms with Crippen LogP contribution in [0.5, 0.6) is 11.5 Å². The van der Waals surface area contributed by atoms with E-state index >= 15 is 0 Å². The van der Waals surface area contributed by atoms with Gasteiger partial charge >= 0.3 is 0 Å². The summed E-state index contributed by atoms with van der Waals surface area (Å²) in [7, 11) is 0. The van der Waals surface area contributed by atoms with Crippen molar-refractivity contribution in [3.8, 4) is 11.5 Å². The summed E-state index contributed by atoms with van der Waals surface area (Å²) in [6.45, 7) is 2.17. The molecular formula is C14H15NO. The molecule has 0 saturated carbocycles. The molecule has 1 heterocycles. The van der Waals surface area contributed by atoms with E-state index in [0.717, 1.165) is 24.3 Å². The van der Waals surface area contributed by atoms with Crippen LogP contribution >= 0.6 is 0 Å². The van der Waals surface area contributed by atoms with Crippen molar-refractivity contribution in [3.05, 3.63) is 54.4 Å². The summed E-state index contributed by atoms with van der Waals surface area (Å²) in [5.74, 6) is 1.77. The van der Waals surface area contributed by atoms with Gasteiger partial charge in [-0.3, -0.25) is 4.98 Å². The Bertz CT molecular complexity index is 439. The number of nitrogens with zero attached hydrogens (tertiary/aromatic N) is 1. The second-order valence-corrected chi connectivity index (χ2v) is 3.64. The lowest BCUT2D eigenvalue weighted by molar-refractivity contribution is 0.475. The maximum atomic E-state index is 5.82. The standard InChI is InChI=1S/C14H15NO/c1-2-5-12-6-3-4-7-14(12)16-13-8-10-15-11-9-13/h3-4,6-11H,2,5H2,1H3. The summed E-state index contributed by atoms with van der Waals surface area (Å²) in [5.41, 5.74) is 1.25. The molecule has 16 heavy (non-hydrogen) atoms. The topological polar surface area (TPSA) is 22.1 Å². The van der Waals surface area contributed by atoms with E-state index in [1.807, 2.05) is 30.3 Å². The molecule has 1 aromatic heterocycles. The van der Waals surface area contributed by atoms with Crippen LogP contribution in [0.4, 0.5) is 0 Å². The van der Waals surface area contributed by atoms with E-state index in [-0.39, 0.29) is 0 Å². The average Bonchev–Trinajstić information content (AvgIpc) is 2.33. The Morgan fingerprint density at radius 3 is 2.56 bits per heavy atom. The molecule has 2 heteroatoms. The Morgan fingerprint density at radius 1 is 1.06 bits per heavy atom. The number of benzene rings is 1. The van der Waals surface area contributed by atoms with Crippen LogP contribution in [0.3, 0.4) is 0 Å². The highest BCUT2D eigenvalue weighted by Gasteiger charge is 2.02. The molecule has 0 atom stereocenters. The van der Waals surface area contributed by atoms with Gasteiger partial charge in [-0.25, -0.2) is 0 Å². The molecule has 2 rings (SSSR count). The van der Waals surface area contributed by atoms with Gasteiger partial charge in [0.1, 0.15) is 11.5 Å². The fraction of sp³-hybridized carbons (Fsp3) is 0.214. The van der Waals surface area contributed by atoms with E-state index in [1.165, 1.54) is 5.56 Å². The highest BCUT2D eigenvalue weighted by atomic mass is 16.5. The average molecular weight is 213 g/mol. The van der Waals surface area contributed by atoms with Crippen LogP contribution in [0.1, 0.15) is 18.9 Å². The number of pyridine rings is 1. The maximum Gasteiger partial charge on any atom is 0.130 e. The minimum Gasteiger partial charge on any atom is -0.457 e. The minimum atomic E-state index is 0.832. The van der Waals surface area contributed by atoms with E-state index in [4.69, 9.17) is 4.74 Å². The predicted octanol–water partition coefficient (Wildman–Crippen LogP) is 3.83. The SMILES string of the molecule is CCCc1ccccc1Oc1ccncc1. The lowest BCUT2D eigenvalue weighted by Gasteiger charge is -2.09. The van der Waals surface area contributed by atoms with Crippen molar-refractivity contribution in [3.63, 3.8) is 0 Å². The van der Waals surface area contributed by atoms with Gasteiger partial charge in [-0.15, -0.1) is 0 Å². The van der Waals surface area contributed by atoms with Crippen molar-refractivity contribution < 1.29 is 4.74 Å². The highest BCUT2D eigenvalue weighted by Crippen LogP contribution is 2.25. The van der Waals surface area contributed by atoms with Crippen LogP contribution in [0.25, 0.3) is 0 Å². The molecule has 0 radical (unpaired) electrons. The van der Waals surface area contributed by atoms with Crippen LogP contribution < -0.4 is 4.74 Å².